The Balaban J connectivity index is 2.41. The zero-order valence-electron chi connectivity index (χ0n) is 9.17. The van der Waals surface area contributed by atoms with E-state index in [1.54, 1.807) is 0 Å². The monoisotopic (exact) mass is 247 g/mol. The molecule has 0 saturated carbocycles. The van der Waals surface area contributed by atoms with Gasteiger partial charge in [0.1, 0.15) is 6.33 Å². The minimum absolute atomic E-state index is 0.223. The minimum Gasteiger partial charge on any atom is -0.378 e. The van der Waals surface area contributed by atoms with E-state index in [1.165, 1.54) is 6.33 Å². The Morgan fingerprint density at radius 3 is 2.94 bits per heavy atom. The Morgan fingerprint density at radius 2 is 2.25 bits per heavy atom. The summed E-state index contributed by atoms with van der Waals surface area (Å²) in [4.78, 5) is 7.67. The van der Waals surface area contributed by atoms with Gasteiger partial charge in [0, 0.05) is 12.4 Å². The molecule has 0 aliphatic carbocycles. The summed E-state index contributed by atoms with van der Waals surface area (Å²) in [5.41, 5.74) is 0.416. The quantitative estimate of drug-likeness (QED) is 0.590. The number of hydrogen-bond acceptors (Lipinski definition) is 4. The van der Waals surface area contributed by atoms with Gasteiger partial charge in [0.15, 0.2) is 11.6 Å². The predicted molar refractivity (Wildman–Crippen MR) is 61.4 cm³/mol. The van der Waals surface area contributed by atoms with Gasteiger partial charge in [0.2, 0.25) is 0 Å². The van der Waals surface area contributed by atoms with Crippen molar-refractivity contribution in [1.29, 1.82) is 0 Å². The van der Waals surface area contributed by atoms with Crippen LogP contribution in [0.25, 0.3) is 0 Å². The van der Waals surface area contributed by atoms with E-state index in [-0.39, 0.29) is 11.6 Å². The highest BCUT2D eigenvalue weighted by Gasteiger charge is 2.08. The summed E-state index contributed by atoms with van der Waals surface area (Å²) in [7, 11) is 0. The van der Waals surface area contributed by atoms with Crippen molar-refractivity contribution in [2.75, 3.05) is 31.0 Å². The van der Waals surface area contributed by atoms with Crippen LogP contribution < -0.4 is 5.32 Å². The van der Waals surface area contributed by atoms with Gasteiger partial charge in [-0.05, 0) is 6.42 Å². The molecule has 0 amide bonds. The van der Waals surface area contributed by atoms with E-state index in [0.29, 0.717) is 37.8 Å². The molecule has 0 unspecified atom stereocenters. The van der Waals surface area contributed by atoms with Gasteiger partial charge in [-0.25, -0.2) is 14.4 Å². The van der Waals surface area contributed by atoms with E-state index in [9.17, 15) is 4.39 Å². The number of aryl methyl sites for hydroxylation is 1. The lowest BCUT2D eigenvalue weighted by atomic mass is 10.3. The zero-order chi connectivity index (χ0) is 11.8. The number of nitrogens with one attached hydrogen (secondary N) is 1. The number of halogens is 2. The number of ether oxygens (including phenoxy) is 1. The van der Waals surface area contributed by atoms with Crippen molar-refractivity contribution in [2.45, 2.75) is 13.3 Å². The topological polar surface area (TPSA) is 47.0 Å². The van der Waals surface area contributed by atoms with Crippen LogP contribution in [0.15, 0.2) is 6.33 Å². The van der Waals surface area contributed by atoms with Crippen LogP contribution in [-0.4, -0.2) is 35.6 Å². The number of aromatic nitrogens is 2. The van der Waals surface area contributed by atoms with Gasteiger partial charge in [-0.3, -0.25) is 0 Å². The molecule has 0 saturated heterocycles. The van der Waals surface area contributed by atoms with Crippen molar-refractivity contribution in [1.82, 2.24) is 9.97 Å². The standard InChI is InChI=1S/C10H15ClFN3O/c1-2-8-9(12)10(15-7-14-8)13-4-6-16-5-3-11/h7H,2-6H2,1H3,(H,13,14,15). The highest BCUT2D eigenvalue weighted by atomic mass is 35.5. The van der Waals surface area contributed by atoms with Crippen LogP contribution in [0.3, 0.4) is 0 Å². The van der Waals surface area contributed by atoms with Crippen LogP contribution in [0.4, 0.5) is 10.2 Å². The van der Waals surface area contributed by atoms with Crippen molar-refractivity contribution in [3.63, 3.8) is 0 Å². The number of anilines is 1. The third-order valence-corrected chi connectivity index (χ3v) is 2.11. The maximum absolute atomic E-state index is 13.6. The van der Waals surface area contributed by atoms with Crippen LogP contribution in [0.5, 0.6) is 0 Å². The molecule has 0 spiro atoms. The van der Waals surface area contributed by atoms with Crippen molar-refractivity contribution < 1.29 is 9.13 Å². The SMILES string of the molecule is CCc1ncnc(NCCOCCCl)c1F. The van der Waals surface area contributed by atoms with Crippen LogP contribution >= 0.6 is 11.6 Å². The van der Waals surface area contributed by atoms with Gasteiger partial charge in [-0.2, -0.15) is 0 Å². The molecule has 0 aromatic carbocycles. The normalized spacial score (nSPS) is 10.4. The molecule has 1 aromatic heterocycles. The minimum atomic E-state index is -0.387. The van der Waals surface area contributed by atoms with Gasteiger partial charge in [0.25, 0.3) is 0 Å². The van der Waals surface area contributed by atoms with E-state index in [2.05, 4.69) is 15.3 Å². The van der Waals surface area contributed by atoms with Gasteiger partial charge in [0.05, 0.1) is 18.9 Å². The highest BCUT2D eigenvalue weighted by molar-refractivity contribution is 6.17. The summed E-state index contributed by atoms with van der Waals surface area (Å²) in [6, 6.07) is 0. The first-order valence-electron chi connectivity index (χ1n) is 5.16. The van der Waals surface area contributed by atoms with Crippen molar-refractivity contribution >= 4 is 17.4 Å². The summed E-state index contributed by atoms with van der Waals surface area (Å²) in [6.45, 7) is 3.31. The predicted octanol–water partition coefficient (Wildman–Crippen LogP) is 1.85. The fourth-order valence-electron chi connectivity index (χ4n) is 1.17. The molecule has 0 fully saturated rings. The molecule has 1 heterocycles. The largest absolute Gasteiger partial charge is 0.378 e. The first-order chi connectivity index (χ1) is 7.79. The molecular formula is C10H15ClFN3O. The lowest BCUT2D eigenvalue weighted by Crippen LogP contribution is -2.13. The fraction of sp³-hybridized carbons (Fsp3) is 0.600. The third kappa shape index (κ3) is 3.90. The molecule has 0 aliphatic rings. The van der Waals surface area contributed by atoms with Crippen LogP contribution in [0, 0.1) is 5.82 Å². The maximum atomic E-state index is 13.6. The van der Waals surface area contributed by atoms with Crippen molar-refractivity contribution in [2.24, 2.45) is 0 Å². The Labute approximate surface area is 99.2 Å². The molecule has 1 aromatic rings. The average Bonchev–Trinajstić information content (AvgIpc) is 2.31. The van der Waals surface area contributed by atoms with Gasteiger partial charge in [-0.15, -0.1) is 11.6 Å². The summed E-state index contributed by atoms with van der Waals surface area (Å²) in [5, 5.41) is 2.85. The Hall–Kier alpha value is -0.940. The molecule has 6 heteroatoms. The molecule has 1 N–H and O–H groups in total. The second-order valence-corrected chi connectivity index (χ2v) is 3.44. The highest BCUT2D eigenvalue weighted by Crippen LogP contribution is 2.12. The Morgan fingerprint density at radius 1 is 1.44 bits per heavy atom. The zero-order valence-corrected chi connectivity index (χ0v) is 9.93. The molecular weight excluding hydrogens is 233 g/mol. The first-order valence-corrected chi connectivity index (χ1v) is 5.70. The van der Waals surface area contributed by atoms with Crippen LogP contribution in [-0.2, 0) is 11.2 Å². The molecule has 1 rings (SSSR count). The molecule has 0 atom stereocenters. The molecule has 90 valence electrons. The van der Waals surface area contributed by atoms with Gasteiger partial charge >= 0.3 is 0 Å². The summed E-state index contributed by atoms with van der Waals surface area (Å²) < 4.78 is 18.7. The lowest BCUT2D eigenvalue weighted by Gasteiger charge is -2.08. The van der Waals surface area contributed by atoms with Gasteiger partial charge < -0.3 is 10.1 Å². The fourth-order valence-corrected chi connectivity index (χ4v) is 1.28. The van der Waals surface area contributed by atoms with E-state index < -0.39 is 0 Å². The molecule has 4 nitrogen and oxygen atoms in total. The van der Waals surface area contributed by atoms with E-state index in [4.69, 9.17) is 16.3 Å². The summed E-state index contributed by atoms with van der Waals surface area (Å²) in [5.74, 6) is 0.297. The smallest absolute Gasteiger partial charge is 0.186 e. The van der Waals surface area contributed by atoms with Crippen LogP contribution in [0.2, 0.25) is 0 Å². The maximum Gasteiger partial charge on any atom is 0.186 e. The van der Waals surface area contributed by atoms with E-state index in [0.717, 1.165) is 0 Å². The molecule has 0 bridgehead atoms. The van der Waals surface area contributed by atoms with E-state index >= 15 is 0 Å². The Bertz CT molecular complexity index is 325. The first kappa shape index (κ1) is 13.1. The van der Waals surface area contributed by atoms with Gasteiger partial charge in [-0.1, -0.05) is 6.92 Å². The number of hydrogen-bond donors (Lipinski definition) is 1. The summed E-state index contributed by atoms with van der Waals surface area (Å²) >= 11 is 5.44. The second kappa shape index (κ2) is 7.35. The summed E-state index contributed by atoms with van der Waals surface area (Å²) in [6.07, 6.45) is 1.90. The van der Waals surface area contributed by atoms with E-state index in [1.807, 2.05) is 6.92 Å². The third-order valence-electron chi connectivity index (χ3n) is 1.96. The number of rotatable bonds is 7. The Kier molecular flexibility index (Phi) is 6.03. The molecule has 16 heavy (non-hydrogen) atoms. The molecule has 0 radical (unpaired) electrons. The lowest BCUT2D eigenvalue weighted by molar-refractivity contribution is 0.160. The van der Waals surface area contributed by atoms with Crippen molar-refractivity contribution in [3.05, 3.63) is 17.8 Å². The second-order valence-electron chi connectivity index (χ2n) is 3.06. The van der Waals surface area contributed by atoms with Crippen LogP contribution in [0.1, 0.15) is 12.6 Å². The van der Waals surface area contributed by atoms with Crippen molar-refractivity contribution in [3.8, 4) is 0 Å². The number of alkyl halides is 1. The number of nitrogens with zero attached hydrogens (tertiary/aromatic N) is 2. The molecule has 0 aliphatic heterocycles. The average molecular weight is 248 g/mol.